The molecule has 7 nitrogen and oxygen atoms in total. The van der Waals surface area contributed by atoms with Crippen molar-refractivity contribution in [3.8, 4) is 11.5 Å². The molecule has 1 fully saturated rings. The molecule has 174 valence electrons. The van der Waals surface area contributed by atoms with Gasteiger partial charge in [0.05, 0.1) is 17.8 Å². The van der Waals surface area contributed by atoms with Gasteiger partial charge in [-0.3, -0.25) is 9.59 Å². The number of likely N-dealkylation sites (tertiary alicyclic amines) is 1. The highest BCUT2D eigenvalue weighted by molar-refractivity contribution is 5.97. The number of halogens is 1. The predicted molar refractivity (Wildman–Crippen MR) is 124 cm³/mol. The minimum absolute atomic E-state index is 0.0146. The van der Waals surface area contributed by atoms with Crippen molar-refractivity contribution < 1.29 is 14.0 Å². The van der Waals surface area contributed by atoms with E-state index in [-0.39, 0.29) is 23.5 Å². The Balaban J connectivity index is 1.56. The lowest BCUT2D eigenvalue weighted by atomic mass is 9.96. The fraction of sp³-hybridized carbons (Fsp3) is 0.400. The van der Waals surface area contributed by atoms with Gasteiger partial charge in [-0.1, -0.05) is 13.8 Å². The first-order chi connectivity index (χ1) is 15.9. The molecular weight excluding hydrogens is 421 g/mol. The number of benzene rings is 1. The molecule has 3 heterocycles. The maximum Gasteiger partial charge on any atom is 0.259 e. The van der Waals surface area contributed by atoms with Crippen LogP contribution in [0.15, 0.2) is 55.0 Å². The minimum atomic E-state index is -0.337. The second-order valence-corrected chi connectivity index (χ2v) is 8.92. The van der Waals surface area contributed by atoms with Crippen molar-refractivity contribution in [2.24, 2.45) is 11.8 Å². The van der Waals surface area contributed by atoms with E-state index in [0.717, 1.165) is 19.3 Å². The van der Waals surface area contributed by atoms with E-state index in [4.69, 9.17) is 0 Å². The first-order valence-corrected chi connectivity index (χ1v) is 11.5. The highest BCUT2D eigenvalue weighted by Crippen LogP contribution is 2.24. The molecule has 0 radical (unpaired) electrons. The first-order valence-electron chi connectivity index (χ1n) is 11.5. The van der Waals surface area contributed by atoms with E-state index in [1.54, 1.807) is 27.9 Å². The van der Waals surface area contributed by atoms with Crippen LogP contribution < -0.4 is 5.32 Å². The summed E-state index contributed by atoms with van der Waals surface area (Å²) in [5.74, 6) is 0.417. The van der Waals surface area contributed by atoms with Crippen molar-refractivity contribution in [3.05, 3.63) is 66.4 Å². The van der Waals surface area contributed by atoms with Crippen molar-refractivity contribution >= 4 is 11.8 Å². The smallest absolute Gasteiger partial charge is 0.259 e. The summed E-state index contributed by atoms with van der Waals surface area (Å²) < 4.78 is 16.9. The maximum atomic E-state index is 13.6. The zero-order valence-electron chi connectivity index (χ0n) is 19.1. The number of aromatic nitrogens is 3. The standard InChI is InChI=1S/C25H30FN5O2/c1-18(2)11-12-27-23(32)19-6-5-15-30(17-19)25(33)22-16-28-31(21-9-7-20(26)8-10-21)24(22)29-13-3-4-14-29/h3-4,7-10,13-14,16,18-19H,5-6,11-12,15,17H2,1-2H3,(H,27,32)/t19-/m0/s1. The van der Waals surface area contributed by atoms with E-state index in [0.29, 0.717) is 42.6 Å². The molecular formula is C25H30FN5O2. The third kappa shape index (κ3) is 5.16. The largest absolute Gasteiger partial charge is 0.356 e. The SMILES string of the molecule is CC(C)CCNC(=O)[C@H]1CCCN(C(=O)c2cnn(-c3ccc(F)cc3)c2-n2cccc2)C1. The molecule has 0 bridgehead atoms. The molecule has 8 heteroatoms. The Bertz CT molecular complexity index is 1090. The summed E-state index contributed by atoms with van der Waals surface area (Å²) in [5, 5.41) is 7.46. The molecule has 4 rings (SSSR count). The molecule has 1 aliphatic heterocycles. The fourth-order valence-electron chi connectivity index (χ4n) is 4.16. The van der Waals surface area contributed by atoms with Crippen LogP contribution in [0.5, 0.6) is 0 Å². The van der Waals surface area contributed by atoms with E-state index < -0.39 is 0 Å². The predicted octanol–water partition coefficient (Wildman–Crippen LogP) is 3.82. The second-order valence-electron chi connectivity index (χ2n) is 8.92. The van der Waals surface area contributed by atoms with Crippen LogP contribution in [0.25, 0.3) is 11.5 Å². The molecule has 3 aromatic rings. The molecule has 2 aromatic heterocycles. The quantitative estimate of drug-likeness (QED) is 0.594. The Morgan fingerprint density at radius 1 is 1.18 bits per heavy atom. The van der Waals surface area contributed by atoms with Crippen LogP contribution in [-0.2, 0) is 4.79 Å². The Morgan fingerprint density at radius 2 is 1.91 bits per heavy atom. The van der Waals surface area contributed by atoms with Crippen molar-refractivity contribution in [3.63, 3.8) is 0 Å². The summed E-state index contributed by atoms with van der Waals surface area (Å²) in [6, 6.07) is 9.73. The highest BCUT2D eigenvalue weighted by atomic mass is 19.1. The number of nitrogens with zero attached hydrogens (tertiary/aromatic N) is 4. The summed E-state index contributed by atoms with van der Waals surface area (Å²) in [4.78, 5) is 28.0. The second kappa shape index (κ2) is 10.0. The van der Waals surface area contributed by atoms with E-state index in [1.165, 1.54) is 12.1 Å². The monoisotopic (exact) mass is 451 g/mol. The molecule has 33 heavy (non-hydrogen) atoms. The Morgan fingerprint density at radius 3 is 2.61 bits per heavy atom. The van der Waals surface area contributed by atoms with E-state index in [1.807, 2.05) is 29.1 Å². The molecule has 2 amide bonds. The maximum absolute atomic E-state index is 13.6. The fourth-order valence-corrected chi connectivity index (χ4v) is 4.16. The van der Waals surface area contributed by atoms with Gasteiger partial charge in [0, 0.05) is 32.0 Å². The molecule has 1 atom stereocenters. The van der Waals surface area contributed by atoms with Gasteiger partial charge in [0.25, 0.3) is 5.91 Å². The average Bonchev–Trinajstić information content (AvgIpc) is 3.49. The summed E-state index contributed by atoms with van der Waals surface area (Å²) in [6.07, 6.45) is 7.72. The lowest BCUT2D eigenvalue weighted by Gasteiger charge is -2.32. The number of hydrogen-bond acceptors (Lipinski definition) is 3. The van der Waals surface area contributed by atoms with Crippen molar-refractivity contribution in [1.82, 2.24) is 24.6 Å². The number of carbonyl (C=O) groups excluding carboxylic acids is 2. The van der Waals surface area contributed by atoms with Crippen LogP contribution >= 0.6 is 0 Å². The molecule has 0 spiro atoms. The minimum Gasteiger partial charge on any atom is -0.356 e. The van der Waals surface area contributed by atoms with E-state index in [2.05, 4.69) is 24.3 Å². The summed E-state index contributed by atoms with van der Waals surface area (Å²) in [6.45, 7) is 5.90. The van der Waals surface area contributed by atoms with Gasteiger partial charge in [0.2, 0.25) is 5.91 Å². The van der Waals surface area contributed by atoms with Crippen LogP contribution in [0.1, 0.15) is 43.5 Å². The number of amides is 2. The number of nitrogens with one attached hydrogen (secondary N) is 1. The van der Waals surface area contributed by atoms with E-state index in [9.17, 15) is 14.0 Å². The lowest BCUT2D eigenvalue weighted by Crippen LogP contribution is -2.45. The van der Waals surface area contributed by atoms with Crippen molar-refractivity contribution in [2.75, 3.05) is 19.6 Å². The molecule has 0 aliphatic carbocycles. The Hall–Kier alpha value is -3.42. The average molecular weight is 452 g/mol. The van der Waals surface area contributed by atoms with Crippen LogP contribution in [0.4, 0.5) is 4.39 Å². The summed E-state index contributed by atoms with van der Waals surface area (Å²) >= 11 is 0. The summed E-state index contributed by atoms with van der Waals surface area (Å²) in [5.41, 5.74) is 1.09. The number of rotatable bonds is 7. The topological polar surface area (TPSA) is 72.2 Å². The van der Waals surface area contributed by atoms with Gasteiger partial charge in [0.1, 0.15) is 11.4 Å². The molecule has 1 aliphatic rings. The van der Waals surface area contributed by atoms with Crippen LogP contribution in [0.3, 0.4) is 0 Å². The zero-order chi connectivity index (χ0) is 23.4. The van der Waals surface area contributed by atoms with Crippen LogP contribution in [0, 0.1) is 17.7 Å². The van der Waals surface area contributed by atoms with Gasteiger partial charge < -0.3 is 14.8 Å². The van der Waals surface area contributed by atoms with Gasteiger partial charge in [-0.25, -0.2) is 9.07 Å². The molecule has 0 saturated carbocycles. The lowest BCUT2D eigenvalue weighted by molar-refractivity contribution is -0.126. The Labute approximate surface area is 193 Å². The van der Waals surface area contributed by atoms with Crippen molar-refractivity contribution in [2.45, 2.75) is 33.1 Å². The highest BCUT2D eigenvalue weighted by Gasteiger charge is 2.31. The number of carbonyl (C=O) groups is 2. The molecule has 1 saturated heterocycles. The normalized spacial score (nSPS) is 16.2. The Kier molecular flexibility index (Phi) is 6.91. The third-order valence-electron chi connectivity index (χ3n) is 5.99. The molecule has 1 aromatic carbocycles. The molecule has 0 unspecified atom stereocenters. The van der Waals surface area contributed by atoms with Crippen LogP contribution in [0.2, 0.25) is 0 Å². The zero-order valence-corrected chi connectivity index (χ0v) is 19.1. The van der Waals surface area contributed by atoms with Gasteiger partial charge in [-0.2, -0.15) is 5.10 Å². The van der Waals surface area contributed by atoms with Crippen molar-refractivity contribution in [1.29, 1.82) is 0 Å². The third-order valence-corrected chi connectivity index (χ3v) is 5.99. The van der Waals surface area contributed by atoms with Gasteiger partial charge in [-0.05, 0) is 61.6 Å². The number of piperidine rings is 1. The van der Waals surface area contributed by atoms with Gasteiger partial charge in [-0.15, -0.1) is 0 Å². The summed E-state index contributed by atoms with van der Waals surface area (Å²) in [7, 11) is 0. The molecule has 1 N–H and O–H groups in total. The van der Waals surface area contributed by atoms with Gasteiger partial charge in [0.15, 0.2) is 5.82 Å². The van der Waals surface area contributed by atoms with Crippen LogP contribution in [-0.4, -0.2) is 50.7 Å². The number of hydrogen-bond donors (Lipinski definition) is 1. The van der Waals surface area contributed by atoms with E-state index >= 15 is 0 Å². The first kappa shape index (κ1) is 22.8. The van der Waals surface area contributed by atoms with Gasteiger partial charge >= 0.3 is 0 Å².